The van der Waals surface area contributed by atoms with E-state index in [9.17, 15) is 4.79 Å². The molecule has 2 N–H and O–H groups in total. The zero-order chi connectivity index (χ0) is 20.0. The predicted octanol–water partition coefficient (Wildman–Crippen LogP) is 2.59. The number of aromatic nitrogens is 1. The Hall–Kier alpha value is -2.63. The fraction of sp³-hybridized carbons (Fsp3) is 0.500. The van der Waals surface area contributed by atoms with Gasteiger partial charge in [-0.2, -0.15) is 0 Å². The van der Waals surface area contributed by atoms with Crippen LogP contribution in [0.15, 0.2) is 41.5 Å². The van der Waals surface area contributed by atoms with Gasteiger partial charge in [0.05, 0.1) is 10.9 Å². The highest BCUT2D eigenvalue weighted by Gasteiger charge is 2.42. The molecule has 1 aromatic carbocycles. The minimum absolute atomic E-state index is 0.217. The SMILES string of the molecule is CN=C(NCCc1cccc2cccnc12)NCC1(C(=O)N(C)C)CCCC1. The van der Waals surface area contributed by atoms with E-state index in [1.54, 1.807) is 11.9 Å². The van der Waals surface area contributed by atoms with Crippen molar-refractivity contribution in [1.82, 2.24) is 20.5 Å². The van der Waals surface area contributed by atoms with Crippen molar-refractivity contribution in [2.45, 2.75) is 32.1 Å². The van der Waals surface area contributed by atoms with Crippen molar-refractivity contribution >= 4 is 22.8 Å². The molecular weight excluding hydrogens is 350 g/mol. The molecule has 0 radical (unpaired) electrons. The number of pyridine rings is 1. The van der Waals surface area contributed by atoms with E-state index in [0.29, 0.717) is 6.54 Å². The van der Waals surface area contributed by atoms with Gasteiger partial charge in [-0.3, -0.25) is 14.8 Å². The second kappa shape index (κ2) is 9.04. The maximum Gasteiger partial charge on any atom is 0.230 e. The normalized spacial score (nSPS) is 16.2. The summed E-state index contributed by atoms with van der Waals surface area (Å²) in [6.07, 6.45) is 6.80. The molecule has 1 amide bonds. The largest absolute Gasteiger partial charge is 0.356 e. The van der Waals surface area contributed by atoms with Gasteiger partial charge in [0.25, 0.3) is 0 Å². The van der Waals surface area contributed by atoms with E-state index < -0.39 is 0 Å². The highest BCUT2D eigenvalue weighted by Crippen LogP contribution is 2.38. The Morgan fingerprint density at radius 2 is 1.93 bits per heavy atom. The Balaban J connectivity index is 1.57. The number of rotatable bonds is 6. The van der Waals surface area contributed by atoms with E-state index in [-0.39, 0.29) is 11.3 Å². The maximum atomic E-state index is 12.7. The lowest BCUT2D eigenvalue weighted by Gasteiger charge is -2.31. The molecule has 1 saturated carbocycles. The number of carbonyl (C=O) groups is 1. The Labute approximate surface area is 167 Å². The van der Waals surface area contributed by atoms with Crippen molar-refractivity contribution in [3.8, 4) is 0 Å². The minimum atomic E-state index is -0.305. The smallest absolute Gasteiger partial charge is 0.230 e. The quantitative estimate of drug-likeness (QED) is 0.596. The number of para-hydroxylation sites is 1. The van der Waals surface area contributed by atoms with E-state index in [4.69, 9.17) is 0 Å². The number of nitrogens with one attached hydrogen (secondary N) is 2. The van der Waals surface area contributed by atoms with Gasteiger partial charge in [0, 0.05) is 45.8 Å². The summed E-state index contributed by atoms with van der Waals surface area (Å²) in [6, 6.07) is 10.3. The minimum Gasteiger partial charge on any atom is -0.356 e. The number of amides is 1. The van der Waals surface area contributed by atoms with Gasteiger partial charge < -0.3 is 15.5 Å². The van der Waals surface area contributed by atoms with Crippen LogP contribution < -0.4 is 10.6 Å². The lowest BCUT2D eigenvalue weighted by Crippen LogP contribution is -2.49. The van der Waals surface area contributed by atoms with Crippen molar-refractivity contribution in [1.29, 1.82) is 0 Å². The summed E-state index contributed by atoms with van der Waals surface area (Å²) in [7, 11) is 5.45. The molecular formula is C22H31N5O. The Kier molecular flexibility index (Phi) is 6.49. The average Bonchev–Trinajstić information content (AvgIpc) is 3.20. The van der Waals surface area contributed by atoms with Gasteiger partial charge in [-0.25, -0.2) is 0 Å². The average molecular weight is 382 g/mol. The van der Waals surface area contributed by atoms with Crippen molar-refractivity contribution in [2.24, 2.45) is 10.4 Å². The summed E-state index contributed by atoms with van der Waals surface area (Å²) in [4.78, 5) is 23.3. The van der Waals surface area contributed by atoms with Crippen LogP contribution in [0.2, 0.25) is 0 Å². The van der Waals surface area contributed by atoms with Crippen molar-refractivity contribution in [3.05, 3.63) is 42.1 Å². The third-order valence-corrected chi connectivity index (χ3v) is 5.64. The molecule has 0 bridgehead atoms. The molecule has 1 aromatic heterocycles. The summed E-state index contributed by atoms with van der Waals surface area (Å²) in [6.45, 7) is 1.38. The first-order valence-corrected chi connectivity index (χ1v) is 10.0. The van der Waals surface area contributed by atoms with Gasteiger partial charge in [0.1, 0.15) is 0 Å². The molecule has 3 rings (SSSR count). The van der Waals surface area contributed by atoms with E-state index in [0.717, 1.165) is 55.5 Å². The molecule has 0 unspecified atom stereocenters. The first kappa shape index (κ1) is 20.1. The Morgan fingerprint density at radius 3 is 2.64 bits per heavy atom. The maximum absolute atomic E-state index is 12.7. The molecule has 1 heterocycles. The monoisotopic (exact) mass is 381 g/mol. The lowest BCUT2D eigenvalue weighted by molar-refractivity contribution is -0.138. The van der Waals surface area contributed by atoms with Crippen LogP contribution in [0.1, 0.15) is 31.2 Å². The summed E-state index contributed by atoms with van der Waals surface area (Å²) in [5, 5.41) is 7.93. The second-order valence-electron chi connectivity index (χ2n) is 7.78. The number of carbonyl (C=O) groups excluding carboxylic acids is 1. The molecule has 1 aliphatic rings. The molecule has 6 nitrogen and oxygen atoms in total. The van der Waals surface area contributed by atoms with Gasteiger partial charge in [-0.05, 0) is 30.9 Å². The van der Waals surface area contributed by atoms with Crippen LogP contribution in [0.5, 0.6) is 0 Å². The zero-order valence-corrected chi connectivity index (χ0v) is 17.2. The van der Waals surface area contributed by atoms with Crippen LogP contribution in [0.3, 0.4) is 0 Å². The van der Waals surface area contributed by atoms with Crippen molar-refractivity contribution < 1.29 is 4.79 Å². The molecule has 2 aromatic rings. The fourth-order valence-corrected chi connectivity index (χ4v) is 4.15. The molecule has 28 heavy (non-hydrogen) atoms. The lowest BCUT2D eigenvalue weighted by atomic mass is 9.84. The summed E-state index contributed by atoms with van der Waals surface area (Å²) >= 11 is 0. The highest BCUT2D eigenvalue weighted by atomic mass is 16.2. The second-order valence-corrected chi connectivity index (χ2v) is 7.78. The molecule has 0 saturated heterocycles. The first-order chi connectivity index (χ1) is 13.6. The first-order valence-electron chi connectivity index (χ1n) is 10.0. The topological polar surface area (TPSA) is 69.6 Å². The van der Waals surface area contributed by atoms with E-state index in [2.05, 4.69) is 44.9 Å². The number of guanidine groups is 1. The number of hydrogen-bond donors (Lipinski definition) is 2. The van der Waals surface area contributed by atoms with Gasteiger partial charge in [-0.15, -0.1) is 0 Å². The van der Waals surface area contributed by atoms with Gasteiger partial charge in [0.15, 0.2) is 5.96 Å². The van der Waals surface area contributed by atoms with Gasteiger partial charge in [-0.1, -0.05) is 37.1 Å². The molecule has 6 heteroatoms. The van der Waals surface area contributed by atoms with E-state index >= 15 is 0 Å². The predicted molar refractivity (Wildman–Crippen MR) is 114 cm³/mol. The molecule has 1 fully saturated rings. The summed E-state index contributed by atoms with van der Waals surface area (Å²) in [5.74, 6) is 0.959. The number of hydrogen-bond acceptors (Lipinski definition) is 3. The summed E-state index contributed by atoms with van der Waals surface area (Å²) in [5.41, 5.74) is 1.97. The number of benzene rings is 1. The summed E-state index contributed by atoms with van der Waals surface area (Å²) < 4.78 is 0. The number of fused-ring (bicyclic) bond motifs is 1. The number of aliphatic imine (C=N–C) groups is 1. The van der Waals surface area contributed by atoms with Crippen molar-refractivity contribution in [3.63, 3.8) is 0 Å². The van der Waals surface area contributed by atoms with Crippen LogP contribution in [0.25, 0.3) is 10.9 Å². The van der Waals surface area contributed by atoms with Gasteiger partial charge >= 0.3 is 0 Å². The van der Waals surface area contributed by atoms with Gasteiger partial charge in [0.2, 0.25) is 5.91 Å². The molecule has 0 spiro atoms. The molecule has 1 aliphatic carbocycles. The standard InChI is InChI=1S/C22H31N5O/c1-23-21(26-16-22(12-4-5-13-22)20(28)27(2)3)25-15-11-18-9-6-8-17-10-7-14-24-19(17)18/h6-10,14H,4-5,11-13,15-16H2,1-3H3,(H2,23,25,26). The van der Waals surface area contributed by atoms with Crippen LogP contribution in [-0.2, 0) is 11.2 Å². The van der Waals surface area contributed by atoms with Crippen LogP contribution in [0, 0.1) is 5.41 Å². The third-order valence-electron chi connectivity index (χ3n) is 5.64. The van der Waals surface area contributed by atoms with E-state index in [1.807, 2.05) is 26.4 Å². The molecule has 150 valence electrons. The Bertz CT molecular complexity index is 834. The van der Waals surface area contributed by atoms with E-state index in [1.165, 1.54) is 5.56 Å². The molecule has 0 aliphatic heterocycles. The molecule has 0 atom stereocenters. The zero-order valence-electron chi connectivity index (χ0n) is 17.2. The Morgan fingerprint density at radius 1 is 1.18 bits per heavy atom. The van der Waals surface area contributed by atoms with Crippen LogP contribution in [0.4, 0.5) is 0 Å². The highest BCUT2D eigenvalue weighted by molar-refractivity contribution is 5.85. The van der Waals surface area contributed by atoms with Crippen LogP contribution >= 0.6 is 0 Å². The third kappa shape index (κ3) is 4.43. The van der Waals surface area contributed by atoms with Crippen LogP contribution in [-0.4, -0.2) is 56.0 Å². The number of nitrogens with zero attached hydrogens (tertiary/aromatic N) is 3. The van der Waals surface area contributed by atoms with Crippen molar-refractivity contribution in [2.75, 3.05) is 34.2 Å². The fourth-order valence-electron chi connectivity index (χ4n) is 4.15.